The zero-order chi connectivity index (χ0) is 10.8. The number of hydrogen-bond donors (Lipinski definition) is 2. The van der Waals surface area contributed by atoms with Gasteiger partial charge in [0.1, 0.15) is 6.10 Å². The van der Waals surface area contributed by atoms with Crippen LogP contribution < -0.4 is 0 Å². The fraction of sp³-hybridized carbons (Fsp3) is 0.455. The summed E-state index contributed by atoms with van der Waals surface area (Å²) >= 11 is 3.33. The van der Waals surface area contributed by atoms with Crippen molar-refractivity contribution in [2.45, 2.75) is 32.0 Å². The second kappa shape index (κ2) is 4.43. The van der Waals surface area contributed by atoms with Crippen molar-refractivity contribution in [2.24, 2.45) is 0 Å². The molecule has 0 bridgehead atoms. The van der Waals surface area contributed by atoms with E-state index in [2.05, 4.69) is 15.9 Å². The summed E-state index contributed by atoms with van der Waals surface area (Å²) in [6.07, 6.45) is -0.328. The molecule has 0 saturated heterocycles. The zero-order valence-electron chi connectivity index (χ0n) is 8.37. The van der Waals surface area contributed by atoms with Crippen molar-refractivity contribution in [1.82, 2.24) is 0 Å². The van der Waals surface area contributed by atoms with E-state index >= 15 is 0 Å². The van der Waals surface area contributed by atoms with E-state index in [0.717, 1.165) is 10.0 Å². The molecular formula is C11H15BrO2. The number of halogens is 1. The van der Waals surface area contributed by atoms with E-state index in [4.69, 9.17) is 0 Å². The molecule has 2 N–H and O–H groups in total. The molecule has 0 saturated carbocycles. The van der Waals surface area contributed by atoms with Gasteiger partial charge >= 0.3 is 0 Å². The normalized spacial score (nSPS) is 17.5. The predicted octanol–water partition coefficient (Wildman–Crippen LogP) is 2.64. The Morgan fingerprint density at radius 2 is 2.14 bits per heavy atom. The molecule has 0 heterocycles. The molecule has 2 unspecified atom stereocenters. The Morgan fingerprint density at radius 3 is 2.64 bits per heavy atom. The highest BCUT2D eigenvalue weighted by atomic mass is 79.9. The quantitative estimate of drug-likeness (QED) is 0.876. The fourth-order valence-corrected chi connectivity index (χ4v) is 1.65. The van der Waals surface area contributed by atoms with Gasteiger partial charge in [0.25, 0.3) is 0 Å². The minimum atomic E-state index is -1.07. The summed E-state index contributed by atoms with van der Waals surface area (Å²) in [5.74, 6) is 0. The average molecular weight is 259 g/mol. The van der Waals surface area contributed by atoms with Gasteiger partial charge in [-0.2, -0.15) is 0 Å². The van der Waals surface area contributed by atoms with E-state index < -0.39 is 11.7 Å². The van der Waals surface area contributed by atoms with Gasteiger partial charge in [-0.05, 0) is 31.0 Å². The Balaban J connectivity index is 2.94. The standard InChI is InChI=1S/C11H15BrO2/c1-3-11(2,14)10(13)8-5-4-6-9(12)7-8/h4-7,10,13-14H,3H2,1-2H3. The Morgan fingerprint density at radius 1 is 1.50 bits per heavy atom. The molecule has 0 aliphatic rings. The molecule has 1 aromatic rings. The van der Waals surface area contributed by atoms with Gasteiger partial charge in [-0.1, -0.05) is 35.0 Å². The molecular weight excluding hydrogens is 244 g/mol. The first-order valence-electron chi connectivity index (χ1n) is 4.63. The van der Waals surface area contributed by atoms with Crippen LogP contribution in [0.4, 0.5) is 0 Å². The third kappa shape index (κ3) is 2.56. The summed E-state index contributed by atoms with van der Waals surface area (Å²) in [6.45, 7) is 3.49. The summed E-state index contributed by atoms with van der Waals surface area (Å²) in [6, 6.07) is 7.35. The molecule has 3 heteroatoms. The van der Waals surface area contributed by atoms with Crippen LogP contribution in [0.5, 0.6) is 0 Å². The largest absolute Gasteiger partial charge is 0.387 e. The molecule has 14 heavy (non-hydrogen) atoms. The smallest absolute Gasteiger partial charge is 0.107 e. The molecule has 1 aromatic carbocycles. The molecule has 2 nitrogen and oxygen atoms in total. The average Bonchev–Trinajstić information content (AvgIpc) is 2.16. The van der Waals surface area contributed by atoms with Gasteiger partial charge < -0.3 is 10.2 Å². The third-order valence-corrected chi connectivity index (χ3v) is 2.96. The summed E-state index contributed by atoms with van der Waals surface area (Å²) in [5, 5.41) is 19.8. The molecule has 2 atom stereocenters. The van der Waals surface area contributed by atoms with Crippen molar-refractivity contribution in [3.05, 3.63) is 34.3 Å². The van der Waals surface area contributed by atoms with Crippen LogP contribution in [0, 0.1) is 0 Å². The summed E-state index contributed by atoms with van der Waals surface area (Å²) in [4.78, 5) is 0. The zero-order valence-corrected chi connectivity index (χ0v) is 9.95. The van der Waals surface area contributed by atoms with Gasteiger partial charge in [0.05, 0.1) is 5.60 Å². The molecule has 1 rings (SSSR count). The monoisotopic (exact) mass is 258 g/mol. The van der Waals surface area contributed by atoms with Crippen LogP contribution in [0.25, 0.3) is 0 Å². The topological polar surface area (TPSA) is 40.5 Å². The lowest BCUT2D eigenvalue weighted by atomic mass is 9.91. The lowest BCUT2D eigenvalue weighted by Crippen LogP contribution is -2.31. The SMILES string of the molecule is CCC(C)(O)C(O)c1cccc(Br)c1. The lowest BCUT2D eigenvalue weighted by Gasteiger charge is -2.28. The number of rotatable bonds is 3. The van der Waals surface area contributed by atoms with Gasteiger partial charge in [0.2, 0.25) is 0 Å². The van der Waals surface area contributed by atoms with Gasteiger partial charge in [-0.3, -0.25) is 0 Å². The lowest BCUT2D eigenvalue weighted by molar-refractivity contribution is -0.0658. The van der Waals surface area contributed by atoms with Crippen molar-refractivity contribution in [3.8, 4) is 0 Å². The van der Waals surface area contributed by atoms with Gasteiger partial charge in [-0.25, -0.2) is 0 Å². The first-order valence-corrected chi connectivity index (χ1v) is 5.42. The minimum absolute atomic E-state index is 0.515. The van der Waals surface area contributed by atoms with Crippen LogP contribution in [-0.4, -0.2) is 15.8 Å². The second-order valence-electron chi connectivity index (χ2n) is 3.67. The highest BCUT2D eigenvalue weighted by molar-refractivity contribution is 9.10. The van der Waals surface area contributed by atoms with E-state index in [0.29, 0.717) is 6.42 Å². The maximum Gasteiger partial charge on any atom is 0.107 e. The summed E-state index contributed by atoms with van der Waals surface area (Å²) < 4.78 is 0.904. The van der Waals surface area contributed by atoms with E-state index in [1.807, 2.05) is 25.1 Å². The van der Waals surface area contributed by atoms with Gasteiger partial charge in [0, 0.05) is 4.47 Å². The van der Waals surface area contributed by atoms with Crippen molar-refractivity contribution in [3.63, 3.8) is 0 Å². The number of aliphatic hydroxyl groups is 2. The van der Waals surface area contributed by atoms with E-state index in [9.17, 15) is 10.2 Å². The van der Waals surface area contributed by atoms with Crippen LogP contribution >= 0.6 is 15.9 Å². The van der Waals surface area contributed by atoms with Crippen LogP contribution in [0.1, 0.15) is 31.9 Å². The van der Waals surface area contributed by atoms with Gasteiger partial charge in [0.15, 0.2) is 0 Å². The molecule has 78 valence electrons. The van der Waals surface area contributed by atoms with Crippen LogP contribution in [0.2, 0.25) is 0 Å². The first-order chi connectivity index (χ1) is 6.47. The Bertz CT molecular complexity index is 310. The molecule has 0 aliphatic heterocycles. The van der Waals surface area contributed by atoms with Crippen LogP contribution in [0.15, 0.2) is 28.7 Å². The molecule has 0 fully saturated rings. The summed E-state index contributed by atoms with van der Waals surface area (Å²) in [7, 11) is 0. The number of hydrogen-bond acceptors (Lipinski definition) is 2. The van der Waals surface area contributed by atoms with Crippen molar-refractivity contribution >= 4 is 15.9 Å². The Kier molecular flexibility index (Phi) is 3.70. The highest BCUT2D eigenvalue weighted by Gasteiger charge is 2.29. The highest BCUT2D eigenvalue weighted by Crippen LogP contribution is 2.29. The van der Waals surface area contributed by atoms with Crippen molar-refractivity contribution in [2.75, 3.05) is 0 Å². The van der Waals surface area contributed by atoms with E-state index in [-0.39, 0.29) is 0 Å². The molecule has 0 amide bonds. The van der Waals surface area contributed by atoms with Crippen molar-refractivity contribution in [1.29, 1.82) is 0 Å². The Labute approximate surface area is 92.7 Å². The first kappa shape index (κ1) is 11.7. The predicted molar refractivity (Wildman–Crippen MR) is 60.0 cm³/mol. The van der Waals surface area contributed by atoms with Gasteiger partial charge in [-0.15, -0.1) is 0 Å². The van der Waals surface area contributed by atoms with Crippen molar-refractivity contribution < 1.29 is 10.2 Å². The number of benzene rings is 1. The Hall–Kier alpha value is -0.380. The maximum absolute atomic E-state index is 9.90. The second-order valence-corrected chi connectivity index (χ2v) is 4.58. The summed E-state index contributed by atoms with van der Waals surface area (Å²) in [5.41, 5.74) is -0.341. The fourth-order valence-electron chi connectivity index (χ4n) is 1.23. The molecule has 0 spiro atoms. The van der Waals surface area contributed by atoms with E-state index in [1.54, 1.807) is 13.0 Å². The minimum Gasteiger partial charge on any atom is -0.387 e. The molecule has 0 aromatic heterocycles. The van der Waals surface area contributed by atoms with E-state index in [1.165, 1.54) is 0 Å². The molecule has 0 aliphatic carbocycles. The number of aliphatic hydroxyl groups excluding tert-OH is 1. The maximum atomic E-state index is 9.90. The van der Waals surface area contributed by atoms with Crippen LogP contribution in [0.3, 0.4) is 0 Å². The van der Waals surface area contributed by atoms with Crippen LogP contribution in [-0.2, 0) is 0 Å². The molecule has 0 radical (unpaired) electrons. The third-order valence-electron chi connectivity index (χ3n) is 2.47.